The molecule has 6 nitrogen and oxygen atoms in total. The zero-order valence-electron chi connectivity index (χ0n) is 12.9. The number of hydrogen-bond acceptors (Lipinski definition) is 3. The Hall–Kier alpha value is -2.55. The lowest BCUT2D eigenvalue weighted by Crippen LogP contribution is -2.28. The molecule has 134 valence electrons. The third kappa shape index (κ3) is 4.50. The van der Waals surface area contributed by atoms with Gasteiger partial charge in [0.25, 0.3) is 0 Å². The van der Waals surface area contributed by atoms with Crippen LogP contribution in [-0.4, -0.2) is 26.8 Å². The number of nitrogens with zero attached hydrogens (tertiary/aromatic N) is 2. The van der Waals surface area contributed by atoms with Crippen molar-refractivity contribution in [3.8, 4) is 0 Å². The van der Waals surface area contributed by atoms with Gasteiger partial charge in [-0.25, -0.2) is 4.79 Å². The topological polar surface area (TPSA) is 84.2 Å². The summed E-state index contributed by atoms with van der Waals surface area (Å²) < 4.78 is 39.7. The summed E-state index contributed by atoms with van der Waals surface area (Å²) in [5, 5.41) is 15.8. The van der Waals surface area contributed by atoms with Crippen molar-refractivity contribution in [1.29, 1.82) is 0 Å². The van der Waals surface area contributed by atoms with Crippen LogP contribution in [0.1, 0.15) is 27.2 Å². The van der Waals surface area contributed by atoms with Gasteiger partial charge in [0.2, 0.25) is 5.91 Å². The van der Waals surface area contributed by atoms with E-state index < -0.39 is 29.2 Å². The second kappa shape index (κ2) is 7.14. The molecule has 2 rings (SSSR count). The average molecular weight is 376 g/mol. The zero-order valence-corrected chi connectivity index (χ0v) is 13.6. The Morgan fingerprint density at radius 1 is 1.36 bits per heavy atom. The van der Waals surface area contributed by atoms with Crippen LogP contribution in [0.5, 0.6) is 0 Å². The molecule has 0 unspecified atom stereocenters. The van der Waals surface area contributed by atoms with E-state index in [1.807, 2.05) is 0 Å². The molecule has 0 radical (unpaired) electrons. The highest BCUT2D eigenvalue weighted by Gasteiger charge is 2.35. The summed E-state index contributed by atoms with van der Waals surface area (Å²) in [5.41, 5.74) is -1.28. The maximum absolute atomic E-state index is 12.8. The van der Waals surface area contributed by atoms with E-state index in [4.69, 9.17) is 16.7 Å². The van der Waals surface area contributed by atoms with E-state index in [-0.39, 0.29) is 18.7 Å². The predicted octanol–water partition coefficient (Wildman–Crippen LogP) is 2.88. The van der Waals surface area contributed by atoms with E-state index >= 15 is 0 Å². The Labute approximate surface area is 145 Å². The van der Waals surface area contributed by atoms with Crippen LogP contribution in [0.4, 0.5) is 13.2 Å². The molecule has 0 atom stereocenters. The average Bonchev–Trinajstić information content (AvgIpc) is 2.83. The number of carbonyl (C=O) groups excluding carboxylic acids is 1. The van der Waals surface area contributed by atoms with Gasteiger partial charge in [0, 0.05) is 6.54 Å². The Balaban J connectivity index is 2.08. The first kappa shape index (κ1) is 18.8. The third-order valence-electron chi connectivity index (χ3n) is 3.45. The summed E-state index contributed by atoms with van der Waals surface area (Å²) in [6.45, 7) is 1.44. The number of carboxylic acids is 1. The molecule has 1 heterocycles. The Kier molecular flexibility index (Phi) is 5.36. The number of nitrogens with one attached hydrogen (secondary N) is 1. The van der Waals surface area contributed by atoms with Crippen molar-refractivity contribution in [3.63, 3.8) is 0 Å². The molecule has 25 heavy (non-hydrogen) atoms. The van der Waals surface area contributed by atoms with Gasteiger partial charge >= 0.3 is 12.1 Å². The number of benzene rings is 1. The number of amides is 1. The number of rotatable bonds is 5. The number of carboxylic acid groups (broad SMARTS) is 1. The van der Waals surface area contributed by atoms with Gasteiger partial charge < -0.3 is 10.4 Å². The number of aromatic carboxylic acids is 1. The molecule has 0 bridgehead atoms. The quantitative estimate of drug-likeness (QED) is 0.841. The monoisotopic (exact) mass is 375 g/mol. The molecule has 0 saturated carbocycles. The molecule has 0 saturated heterocycles. The van der Waals surface area contributed by atoms with Crippen LogP contribution >= 0.6 is 11.6 Å². The van der Waals surface area contributed by atoms with Gasteiger partial charge in [0.05, 0.1) is 28.0 Å². The minimum Gasteiger partial charge on any atom is -0.478 e. The fourth-order valence-electron chi connectivity index (χ4n) is 2.10. The highest BCUT2D eigenvalue weighted by molar-refractivity contribution is 6.31. The number of hydrogen-bond donors (Lipinski definition) is 2. The molecular weight excluding hydrogens is 363 g/mol. The zero-order chi connectivity index (χ0) is 18.8. The Morgan fingerprint density at radius 3 is 2.56 bits per heavy atom. The maximum Gasteiger partial charge on any atom is 0.417 e. The smallest absolute Gasteiger partial charge is 0.417 e. The molecule has 0 aliphatic rings. The second-order valence-electron chi connectivity index (χ2n) is 5.20. The van der Waals surface area contributed by atoms with Crippen LogP contribution in [0.2, 0.25) is 5.02 Å². The van der Waals surface area contributed by atoms with Crippen LogP contribution < -0.4 is 5.32 Å². The van der Waals surface area contributed by atoms with Gasteiger partial charge in [-0.05, 0) is 24.6 Å². The molecular formula is C15H13ClF3N3O3. The summed E-state index contributed by atoms with van der Waals surface area (Å²) >= 11 is 5.82. The summed E-state index contributed by atoms with van der Waals surface area (Å²) in [7, 11) is 0. The molecule has 0 spiro atoms. The molecule has 0 aliphatic carbocycles. The minimum atomic E-state index is -4.77. The highest BCUT2D eigenvalue weighted by atomic mass is 35.5. The van der Waals surface area contributed by atoms with E-state index in [1.54, 1.807) is 6.92 Å². The first-order valence-corrected chi connectivity index (χ1v) is 7.35. The normalized spacial score (nSPS) is 11.4. The maximum atomic E-state index is 12.8. The van der Waals surface area contributed by atoms with Crippen molar-refractivity contribution in [2.45, 2.75) is 26.2 Å². The van der Waals surface area contributed by atoms with E-state index in [2.05, 4.69) is 10.4 Å². The summed E-state index contributed by atoms with van der Waals surface area (Å²) in [6.07, 6.45) is -3.38. The molecule has 10 heteroatoms. The van der Waals surface area contributed by atoms with Gasteiger partial charge in [-0.15, -0.1) is 0 Å². The Bertz CT molecular complexity index is 818. The van der Waals surface area contributed by atoms with Gasteiger partial charge in [-0.3, -0.25) is 9.48 Å². The van der Waals surface area contributed by atoms with Gasteiger partial charge in [0.1, 0.15) is 6.54 Å². The van der Waals surface area contributed by atoms with E-state index in [0.717, 1.165) is 12.1 Å². The molecule has 0 fully saturated rings. The molecule has 0 aliphatic heterocycles. The second-order valence-corrected chi connectivity index (χ2v) is 5.60. The fourth-order valence-corrected chi connectivity index (χ4v) is 2.24. The lowest BCUT2D eigenvalue weighted by molar-refractivity contribution is -0.138. The highest BCUT2D eigenvalue weighted by Crippen LogP contribution is 2.32. The number of halogens is 4. The van der Waals surface area contributed by atoms with Crippen molar-refractivity contribution < 1.29 is 27.9 Å². The first-order valence-electron chi connectivity index (χ1n) is 6.97. The van der Waals surface area contributed by atoms with Crippen LogP contribution in [0.3, 0.4) is 0 Å². The molecule has 1 aromatic carbocycles. The van der Waals surface area contributed by atoms with Crippen LogP contribution in [-0.2, 0) is 24.1 Å². The minimum absolute atomic E-state index is 0.120. The summed E-state index contributed by atoms with van der Waals surface area (Å²) in [6, 6.07) is 2.69. The summed E-state index contributed by atoms with van der Waals surface area (Å²) in [5.74, 6) is -2.14. The predicted molar refractivity (Wildman–Crippen MR) is 82.2 cm³/mol. The van der Waals surface area contributed by atoms with Gasteiger partial charge in [-0.2, -0.15) is 18.3 Å². The van der Waals surface area contributed by atoms with E-state index in [9.17, 15) is 22.8 Å². The van der Waals surface area contributed by atoms with Crippen molar-refractivity contribution in [2.24, 2.45) is 0 Å². The SMILES string of the molecule is Cc1c(Cl)cnn1CC(=O)NCc1ccc(C(F)(F)F)c(C(=O)O)c1. The fraction of sp³-hybridized carbons (Fsp3) is 0.267. The largest absolute Gasteiger partial charge is 0.478 e. The lowest BCUT2D eigenvalue weighted by atomic mass is 10.0. The van der Waals surface area contributed by atoms with Crippen molar-refractivity contribution in [1.82, 2.24) is 15.1 Å². The van der Waals surface area contributed by atoms with Crippen LogP contribution in [0.15, 0.2) is 24.4 Å². The van der Waals surface area contributed by atoms with E-state index in [0.29, 0.717) is 16.8 Å². The van der Waals surface area contributed by atoms with Crippen LogP contribution in [0.25, 0.3) is 0 Å². The van der Waals surface area contributed by atoms with Crippen molar-refractivity contribution >= 4 is 23.5 Å². The summed E-state index contributed by atoms with van der Waals surface area (Å²) in [4.78, 5) is 22.9. The molecule has 1 aromatic heterocycles. The van der Waals surface area contributed by atoms with E-state index in [1.165, 1.54) is 10.9 Å². The number of aromatic nitrogens is 2. The van der Waals surface area contributed by atoms with Crippen LogP contribution in [0, 0.1) is 6.92 Å². The number of carbonyl (C=O) groups is 2. The molecule has 1 amide bonds. The van der Waals surface area contributed by atoms with Gasteiger partial charge in [-0.1, -0.05) is 17.7 Å². The number of alkyl halides is 3. The standard InChI is InChI=1S/C15H13ClF3N3O3/c1-8-12(16)6-21-22(8)7-13(23)20-5-9-2-3-11(15(17,18)19)10(4-9)14(24)25/h2-4,6H,5,7H2,1H3,(H,20,23)(H,24,25). The van der Waals surface area contributed by atoms with Gasteiger partial charge in [0.15, 0.2) is 0 Å². The van der Waals surface area contributed by atoms with Crippen molar-refractivity contribution in [3.05, 3.63) is 51.8 Å². The third-order valence-corrected chi connectivity index (χ3v) is 3.82. The van der Waals surface area contributed by atoms with Crippen molar-refractivity contribution in [2.75, 3.05) is 0 Å². The first-order chi connectivity index (χ1) is 11.6. The molecule has 2 aromatic rings. The molecule has 2 N–H and O–H groups in total. The Morgan fingerprint density at radius 2 is 2.04 bits per heavy atom. The lowest BCUT2D eigenvalue weighted by Gasteiger charge is -2.12.